The summed E-state index contributed by atoms with van der Waals surface area (Å²) in [7, 11) is 2.21. The van der Waals surface area contributed by atoms with Crippen LogP contribution in [0.5, 0.6) is 0 Å². The summed E-state index contributed by atoms with van der Waals surface area (Å²) in [5.74, 6) is 0. The summed E-state index contributed by atoms with van der Waals surface area (Å²) in [6.45, 7) is 6.10. The zero-order valence-electron chi connectivity index (χ0n) is 8.79. The molecule has 1 unspecified atom stereocenters. The third-order valence-electron chi connectivity index (χ3n) is 3.36. The highest BCUT2D eigenvalue weighted by molar-refractivity contribution is 5.10. The van der Waals surface area contributed by atoms with Crippen LogP contribution in [0, 0.1) is 0 Å². The van der Waals surface area contributed by atoms with Crippen LogP contribution in [-0.2, 0) is 0 Å². The van der Waals surface area contributed by atoms with Crippen LogP contribution in [0.15, 0.2) is 11.8 Å². The van der Waals surface area contributed by atoms with Gasteiger partial charge in [-0.05, 0) is 39.3 Å². The molecule has 2 heterocycles. The molecule has 0 bridgehead atoms. The van der Waals surface area contributed by atoms with Gasteiger partial charge in [-0.25, -0.2) is 0 Å². The highest BCUT2D eigenvalue weighted by Crippen LogP contribution is 2.22. The van der Waals surface area contributed by atoms with Crippen LogP contribution >= 0.6 is 0 Å². The monoisotopic (exact) mass is 180 g/mol. The number of hydrogen-bond acceptors (Lipinski definition) is 2. The van der Waals surface area contributed by atoms with Crippen LogP contribution in [0.4, 0.5) is 0 Å². The largest absolute Gasteiger partial charge is 0.375 e. The Balaban J connectivity index is 2.02. The molecule has 13 heavy (non-hydrogen) atoms. The molecule has 0 aromatic rings. The molecule has 0 aromatic heterocycles. The van der Waals surface area contributed by atoms with Gasteiger partial charge in [-0.2, -0.15) is 0 Å². The van der Waals surface area contributed by atoms with Crippen molar-refractivity contribution in [3.05, 3.63) is 11.8 Å². The number of hydrogen-bond donors (Lipinski definition) is 0. The second kappa shape index (κ2) is 3.70. The van der Waals surface area contributed by atoms with Crippen LogP contribution in [0.3, 0.4) is 0 Å². The topological polar surface area (TPSA) is 6.48 Å². The number of nitrogens with zero attached hydrogens (tertiary/aromatic N) is 2. The highest BCUT2D eigenvalue weighted by atomic mass is 15.2. The second-order valence-electron chi connectivity index (χ2n) is 4.32. The molecule has 2 nitrogen and oxygen atoms in total. The van der Waals surface area contributed by atoms with Crippen molar-refractivity contribution in [3.63, 3.8) is 0 Å². The first kappa shape index (κ1) is 9.07. The number of likely N-dealkylation sites (tertiary alicyclic amines) is 1. The van der Waals surface area contributed by atoms with Crippen molar-refractivity contribution in [1.82, 2.24) is 9.80 Å². The lowest BCUT2D eigenvalue weighted by Gasteiger charge is -2.32. The Morgan fingerprint density at radius 3 is 2.54 bits per heavy atom. The minimum atomic E-state index is 0.629. The molecule has 2 aliphatic heterocycles. The van der Waals surface area contributed by atoms with Crippen molar-refractivity contribution in [2.45, 2.75) is 32.2 Å². The fraction of sp³-hybridized carbons (Fsp3) is 0.818. The molecule has 1 saturated heterocycles. The number of likely N-dealkylation sites (N-methyl/N-ethyl adjacent to an activating group) is 1. The van der Waals surface area contributed by atoms with Gasteiger partial charge in [0.25, 0.3) is 0 Å². The van der Waals surface area contributed by atoms with E-state index in [0.29, 0.717) is 6.04 Å². The molecule has 0 saturated carbocycles. The van der Waals surface area contributed by atoms with Crippen molar-refractivity contribution in [2.75, 3.05) is 26.7 Å². The molecular formula is C11H20N2. The van der Waals surface area contributed by atoms with Gasteiger partial charge in [0.2, 0.25) is 0 Å². The Morgan fingerprint density at radius 2 is 1.92 bits per heavy atom. The first-order valence-electron chi connectivity index (χ1n) is 5.43. The van der Waals surface area contributed by atoms with Crippen LogP contribution in [0.1, 0.15) is 26.2 Å². The predicted molar refractivity (Wildman–Crippen MR) is 55.6 cm³/mol. The van der Waals surface area contributed by atoms with Gasteiger partial charge < -0.3 is 4.90 Å². The second-order valence-corrected chi connectivity index (χ2v) is 4.32. The minimum absolute atomic E-state index is 0.629. The van der Waals surface area contributed by atoms with E-state index in [4.69, 9.17) is 0 Å². The predicted octanol–water partition coefficient (Wildman–Crippen LogP) is 1.69. The normalized spacial score (nSPS) is 30.8. The van der Waals surface area contributed by atoms with Crippen molar-refractivity contribution in [3.8, 4) is 0 Å². The highest BCUT2D eigenvalue weighted by Gasteiger charge is 2.20. The Bertz CT molecular complexity index is 204. The van der Waals surface area contributed by atoms with Crippen molar-refractivity contribution >= 4 is 0 Å². The molecule has 0 radical (unpaired) electrons. The van der Waals surface area contributed by atoms with Crippen molar-refractivity contribution < 1.29 is 0 Å². The van der Waals surface area contributed by atoms with E-state index in [1.165, 1.54) is 38.9 Å². The molecule has 0 amide bonds. The summed E-state index contributed by atoms with van der Waals surface area (Å²) in [4.78, 5) is 4.99. The van der Waals surface area contributed by atoms with Crippen LogP contribution in [0.2, 0.25) is 0 Å². The van der Waals surface area contributed by atoms with Gasteiger partial charge in [-0.1, -0.05) is 0 Å². The van der Waals surface area contributed by atoms with E-state index in [0.717, 1.165) is 0 Å². The van der Waals surface area contributed by atoms with E-state index < -0.39 is 0 Å². The van der Waals surface area contributed by atoms with E-state index in [-0.39, 0.29) is 0 Å². The molecule has 0 aliphatic carbocycles. The van der Waals surface area contributed by atoms with E-state index in [2.05, 4.69) is 29.8 Å². The maximum absolute atomic E-state index is 2.57. The Hall–Kier alpha value is -0.500. The van der Waals surface area contributed by atoms with Crippen LogP contribution < -0.4 is 0 Å². The number of rotatable bonds is 1. The molecule has 2 heteroatoms. The lowest BCUT2D eigenvalue weighted by Crippen LogP contribution is -2.35. The molecule has 2 aliphatic rings. The zero-order valence-corrected chi connectivity index (χ0v) is 8.79. The summed E-state index contributed by atoms with van der Waals surface area (Å²) >= 11 is 0. The molecule has 0 aromatic carbocycles. The molecule has 0 spiro atoms. The fourth-order valence-electron chi connectivity index (χ4n) is 2.25. The van der Waals surface area contributed by atoms with Gasteiger partial charge in [0.1, 0.15) is 0 Å². The Kier molecular flexibility index (Phi) is 2.58. The Morgan fingerprint density at radius 1 is 1.23 bits per heavy atom. The van der Waals surface area contributed by atoms with Crippen molar-refractivity contribution in [1.29, 1.82) is 0 Å². The lowest BCUT2D eigenvalue weighted by atomic mass is 10.1. The summed E-state index contributed by atoms with van der Waals surface area (Å²) in [6, 6.07) is 0.629. The molecule has 2 rings (SSSR count). The summed E-state index contributed by atoms with van der Waals surface area (Å²) < 4.78 is 0. The third kappa shape index (κ3) is 1.88. The molecule has 1 atom stereocenters. The van der Waals surface area contributed by atoms with Gasteiger partial charge >= 0.3 is 0 Å². The van der Waals surface area contributed by atoms with E-state index in [9.17, 15) is 0 Å². The first-order valence-corrected chi connectivity index (χ1v) is 5.43. The third-order valence-corrected chi connectivity index (χ3v) is 3.36. The maximum Gasteiger partial charge on any atom is 0.0266 e. The van der Waals surface area contributed by atoms with E-state index >= 15 is 0 Å². The van der Waals surface area contributed by atoms with E-state index in [1.54, 1.807) is 5.70 Å². The van der Waals surface area contributed by atoms with Crippen LogP contribution in [0.25, 0.3) is 0 Å². The first-order chi connectivity index (χ1) is 6.27. The van der Waals surface area contributed by atoms with Gasteiger partial charge in [0.05, 0.1) is 0 Å². The van der Waals surface area contributed by atoms with Gasteiger partial charge in [0, 0.05) is 31.4 Å². The summed E-state index contributed by atoms with van der Waals surface area (Å²) in [6.07, 6.45) is 6.47. The summed E-state index contributed by atoms with van der Waals surface area (Å²) in [5, 5.41) is 0. The maximum atomic E-state index is 2.57. The molecule has 74 valence electrons. The lowest BCUT2D eigenvalue weighted by molar-refractivity contribution is 0.258. The molecular weight excluding hydrogens is 160 g/mol. The van der Waals surface area contributed by atoms with Gasteiger partial charge in [-0.3, -0.25) is 4.90 Å². The van der Waals surface area contributed by atoms with Crippen LogP contribution in [-0.4, -0.2) is 42.5 Å². The fourth-order valence-corrected chi connectivity index (χ4v) is 2.25. The van der Waals surface area contributed by atoms with Gasteiger partial charge in [0.15, 0.2) is 0 Å². The quantitative estimate of drug-likeness (QED) is 0.606. The summed E-state index contributed by atoms with van der Waals surface area (Å²) in [5.41, 5.74) is 1.60. The smallest absolute Gasteiger partial charge is 0.0266 e. The van der Waals surface area contributed by atoms with E-state index in [1.807, 2.05) is 0 Å². The zero-order chi connectivity index (χ0) is 9.26. The van der Waals surface area contributed by atoms with Crippen molar-refractivity contribution in [2.24, 2.45) is 0 Å². The molecule has 1 fully saturated rings. The van der Waals surface area contributed by atoms with Gasteiger partial charge in [-0.15, -0.1) is 0 Å². The average Bonchev–Trinajstić information content (AvgIpc) is 2.62. The standard InChI is InChI=1S/C11H20N2/c1-10-9-11(5-8-12(10)2)13-6-3-4-7-13/h9-10H,3-8H2,1-2H3. The average molecular weight is 180 g/mol. The Labute approximate surface area is 81.2 Å². The molecule has 0 N–H and O–H groups in total. The SMILES string of the molecule is CC1C=C(N2CCCC2)CCN1C. The minimum Gasteiger partial charge on any atom is -0.375 e.